The topological polar surface area (TPSA) is 71.3 Å². The molecule has 1 saturated heterocycles. The minimum Gasteiger partial charge on any atom is -0.497 e. The highest BCUT2D eigenvalue weighted by Gasteiger charge is 2.25. The van der Waals surface area contributed by atoms with Crippen molar-refractivity contribution >= 4 is 5.96 Å². The molecule has 1 fully saturated rings. The predicted octanol–water partition coefficient (Wildman–Crippen LogP) is 3.06. The molecule has 2 aromatic rings. The maximum absolute atomic E-state index is 5.95. The van der Waals surface area contributed by atoms with Gasteiger partial charge in [-0.2, -0.15) is 0 Å². The van der Waals surface area contributed by atoms with Crippen LogP contribution in [-0.4, -0.2) is 57.3 Å². The van der Waals surface area contributed by atoms with Crippen LogP contribution >= 0.6 is 0 Å². The smallest absolute Gasteiger partial charge is 0.191 e. The summed E-state index contributed by atoms with van der Waals surface area (Å²) in [6.07, 6.45) is 4.21. The number of guanidine groups is 1. The lowest BCUT2D eigenvalue weighted by atomic mass is 10.2. The third kappa shape index (κ3) is 6.15. The summed E-state index contributed by atoms with van der Waals surface area (Å²) in [7, 11) is 3.43. The van der Waals surface area contributed by atoms with Gasteiger partial charge >= 0.3 is 0 Å². The molecular formula is C22H32N4O3. The molecule has 0 amide bonds. The lowest BCUT2D eigenvalue weighted by molar-refractivity contribution is 0.213. The van der Waals surface area contributed by atoms with E-state index in [0.29, 0.717) is 6.54 Å². The van der Waals surface area contributed by atoms with E-state index in [9.17, 15) is 0 Å². The Hall–Kier alpha value is -2.67. The number of ether oxygens (including phenoxy) is 2. The van der Waals surface area contributed by atoms with Crippen LogP contribution in [0.25, 0.3) is 0 Å². The minimum atomic E-state index is -0.0126. The van der Waals surface area contributed by atoms with Crippen molar-refractivity contribution in [1.82, 2.24) is 15.5 Å². The van der Waals surface area contributed by atoms with E-state index in [1.165, 1.54) is 12.8 Å². The third-order valence-electron chi connectivity index (χ3n) is 5.09. The molecule has 0 saturated carbocycles. The standard InChI is InChI=1S/C22H32N4O3/c1-17(29-19-10-8-18(27-3)9-11-19)15-24-22(23-2)25-16-20(21-7-6-14-28-21)26-12-4-5-13-26/h6-11,14,17,20H,4-5,12-13,15-16H2,1-3H3,(H2,23,24,25). The minimum absolute atomic E-state index is 0.0126. The van der Waals surface area contributed by atoms with E-state index in [2.05, 4.69) is 20.5 Å². The first-order valence-electron chi connectivity index (χ1n) is 10.2. The quantitative estimate of drug-likeness (QED) is 0.498. The van der Waals surface area contributed by atoms with Gasteiger partial charge in [0.05, 0.1) is 26.0 Å². The van der Waals surface area contributed by atoms with Gasteiger partial charge in [0, 0.05) is 13.6 Å². The molecule has 158 valence electrons. The Morgan fingerprint density at radius 1 is 1.10 bits per heavy atom. The lowest BCUT2D eigenvalue weighted by Crippen LogP contribution is -2.45. The molecule has 0 bridgehead atoms. The summed E-state index contributed by atoms with van der Waals surface area (Å²) in [5.41, 5.74) is 0. The molecule has 2 N–H and O–H groups in total. The van der Waals surface area contributed by atoms with Crippen molar-refractivity contribution in [2.75, 3.05) is 40.3 Å². The lowest BCUT2D eigenvalue weighted by Gasteiger charge is -2.27. The molecule has 2 atom stereocenters. The SMILES string of the molecule is CN=C(NCC(C)Oc1ccc(OC)cc1)NCC(c1ccco1)N1CCCC1. The molecule has 7 nitrogen and oxygen atoms in total. The van der Waals surface area contributed by atoms with Gasteiger partial charge < -0.3 is 24.5 Å². The van der Waals surface area contributed by atoms with Crippen LogP contribution < -0.4 is 20.1 Å². The monoisotopic (exact) mass is 400 g/mol. The van der Waals surface area contributed by atoms with Crippen molar-refractivity contribution in [3.05, 3.63) is 48.4 Å². The number of benzene rings is 1. The van der Waals surface area contributed by atoms with Gasteiger partial charge in [0.1, 0.15) is 23.4 Å². The summed E-state index contributed by atoms with van der Waals surface area (Å²) in [6, 6.07) is 11.8. The van der Waals surface area contributed by atoms with Crippen molar-refractivity contribution in [2.45, 2.75) is 31.9 Å². The van der Waals surface area contributed by atoms with E-state index in [0.717, 1.165) is 42.9 Å². The van der Waals surface area contributed by atoms with Crippen molar-refractivity contribution in [1.29, 1.82) is 0 Å². The Morgan fingerprint density at radius 3 is 2.41 bits per heavy atom. The Morgan fingerprint density at radius 2 is 1.79 bits per heavy atom. The summed E-state index contributed by atoms with van der Waals surface area (Å²) in [4.78, 5) is 6.81. The number of aliphatic imine (C=N–C) groups is 1. The molecule has 3 rings (SSSR count). The second-order valence-corrected chi connectivity index (χ2v) is 7.21. The second kappa shape index (κ2) is 10.8. The Labute approximate surface area is 173 Å². The molecule has 0 radical (unpaired) electrons. The van der Waals surface area contributed by atoms with Crippen LogP contribution in [0.3, 0.4) is 0 Å². The van der Waals surface area contributed by atoms with Gasteiger partial charge in [0.2, 0.25) is 0 Å². The number of rotatable bonds is 9. The van der Waals surface area contributed by atoms with E-state index < -0.39 is 0 Å². The molecule has 29 heavy (non-hydrogen) atoms. The fraction of sp³-hybridized carbons (Fsp3) is 0.500. The number of methoxy groups -OCH3 is 1. The van der Waals surface area contributed by atoms with E-state index in [1.807, 2.05) is 43.3 Å². The van der Waals surface area contributed by atoms with Gasteiger partial charge in [-0.15, -0.1) is 0 Å². The molecule has 7 heteroatoms. The van der Waals surface area contributed by atoms with Crippen molar-refractivity contribution in [3.8, 4) is 11.5 Å². The van der Waals surface area contributed by atoms with Gasteiger partial charge in [-0.05, 0) is 69.3 Å². The molecule has 1 aromatic heterocycles. The van der Waals surface area contributed by atoms with Gasteiger partial charge in [-0.1, -0.05) is 0 Å². The van der Waals surface area contributed by atoms with Gasteiger partial charge in [0.25, 0.3) is 0 Å². The summed E-state index contributed by atoms with van der Waals surface area (Å²) in [5, 5.41) is 6.78. The first-order chi connectivity index (χ1) is 14.2. The zero-order valence-corrected chi connectivity index (χ0v) is 17.6. The van der Waals surface area contributed by atoms with Crippen LogP contribution in [0.1, 0.15) is 31.6 Å². The Bertz CT molecular complexity index is 740. The van der Waals surface area contributed by atoms with Crippen LogP contribution in [-0.2, 0) is 0 Å². The summed E-state index contributed by atoms with van der Waals surface area (Å²) >= 11 is 0. The molecule has 0 spiro atoms. The maximum atomic E-state index is 5.95. The number of hydrogen-bond donors (Lipinski definition) is 2. The van der Waals surface area contributed by atoms with Crippen LogP contribution in [0.2, 0.25) is 0 Å². The fourth-order valence-electron chi connectivity index (χ4n) is 3.53. The van der Waals surface area contributed by atoms with Crippen LogP contribution in [0, 0.1) is 0 Å². The highest BCUT2D eigenvalue weighted by Crippen LogP contribution is 2.24. The summed E-state index contributed by atoms with van der Waals surface area (Å²) in [6.45, 7) is 5.61. The fourth-order valence-corrected chi connectivity index (χ4v) is 3.53. The van der Waals surface area contributed by atoms with Crippen LogP contribution in [0.5, 0.6) is 11.5 Å². The number of furan rings is 1. The number of hydrogen-bond acceptors (Lipinski definition) is 5. The summed E-state index contributed by atoms with van der Waals surface area (Å²) < 4.78 is 16.8. The van der Waals surface area contributed by atoms with Gasteiger partial charge in [-0.3, -0.25) is 9.89 Å². The average Bonchev–Trinajstić information content (AvgIpc) is 3.46. The highest BCUT2D eigenvalue weighted by molar-refractivity contribution is 5.79. The maximum Gasteiger partial charge on any atom is 0.191 e. The van der Waals surface area contributed by atoms with Gasteiger partial charge in [0.15, 0.2) is 5.96 Å². The number of nitrogens with one attached hydrogen (secondary N) is 2. The molecule has 1 aliphatic rings. The largest absolute Gasteiger partial charge is 0.497 e. The number of nitrogens with zero attached hydrogens (tertiary/aromatic N) is 2. The van der Waals surface area contributed by atoms with Gasteiger partial charge in [-0.25, -0.2) is 0 Å². The van der Waals surface area contributed by atoms with Crippen molar-refractivity contribution in [3.63, 3.8) is 0 Å². The van der Waals surface area contributed by atoms with E-state index >= 15 is 0 Å². The normalized spacial score (nSPS) is 17.0. The van der Waals surface area contributed by atoms with Crippen molar-refractivity contribution in [2.24, 2.45) is 4.99 Å². The Balaban J connectivity index is 1.47. The summed E-state index contributed by atoms with van der Waals surface area (Å²) in [5.74, 6) is 3.38. The Kier molecular flexibility index (Phi) is 7.81. The third-order valence-corrected chi connectivity index (χ3v) is 5.09. The highest BCUT2D eigenvalue weighted by atomic mass is 16.5. The first kappa shape index (κ1) is 21.0. The van der Waals surface area contributed by atoms with Crippen LogP contribution in [0.15, 0.2) is 52.1 Å². The second-order valence-electron chi connectivity index (χ2n) is 7.21. The van der Waals surface area contributed by atoms with E-state index in [4.69, 9.17) is 13.9 Å². The zero-order chi connectivity index (χ0) is 20.5. The van der Waals surface area contributed by atoms with E-state index in [1.54, 1.807) is 20.4 Å². The number of likely N-dealkylation sites (tertiary alicyclic amines) is 1. The van der Waals surface area contributed by atoms with E-state index in [-0.39, 0.29) is 12.1 Å². The van der Waals surface area contributed by atoms with Crippen LogP contribution in [0.4, 0.5) is 0 Å². The zero-order valence-electron chi connectivity index (χ0n) is 17.6. The molecule has 1 aliphatic heterocycles. The molecule has 2 heterocycles. The average molecular weight is 401 g/mol. The van der Waals surface area contributed by atoms with Crippen molar-refractivity contribution < 1.29 is 13.9 Å². The first-order valence-corrected chi connectivity index (χ1v) is 10.2. The predicted molar refractivity (Wildman–Crippen MR) is 115 cm³/mol. The molecule has 2 unspecified atom stereocenters. The molecule has 0 aliphatic carbocycles. The molecule has 1 aromatic carbocycles. The molecular weight excluding hydrogens is 368 g/mol.